The van der Waals surface area contributed by atoms with E-state index < -0.39 is 12.1 Å². The minimum Gasteiger partial charge on any atom is -0.475 e. The maximum absolute atomic E-state index is 12.7. The number of carbonyl (C=O) groups excluding carboxylic acids is 1. The van der Waals surface area contributed by atoms with E-state index in [-0.39, 0.29) is 18.0 Å². The maximum atomic E-state index is 12.7. The average Bonchev–Trinajstić information content (AvgIpc) is 3.17. The van der Waals surface area contributed by atoms with Gasteiger partial charge in [-0.15, -0.1) is 0 Å². The molecule has 3 aromatic heterocycles. The van der Waals surface area contributed by atoms with E-state index in [2.05, 4.69) is 20.2 Å². The SMILES string of the molecule is O=C(O)C(F)(F)F.O=C(c1ccnnc1)N1CCCn2c(nc(Cn3ccnc3)cc2=O)C1. The molecule has 0 bridgehead atoms. The lowest BCUT2D eigenvalue weighted by atomic mass is 10.2. The summed E-state index contributed by atoms with van der Waals surface area (Å²) in [5.41, 5.74) is 1.04. The fraction of sp³-hybridized carbons (Fsp3) is 0.316. The highest BCUT2D eigenvalue weighted by Crippen LogP contribution is 2.14. The van der Waals surface area contributed by atoms with E-state index in [4.69, 9.17) is 9.90 Å². The van der Waals surface area contributed by atoms with Crippen molar-refractivity contribution in [3.05, 3.63) is 70.7 Å². The third-order valence-electron chi connectivity index (χ3n) is 4.55. The summed E-state index contributed by atoms with van der Waals surface area (Å²) in [6.45, 7) is 1.85. The average molecular weight is 465 g/mol. The fourth-order valence-corrected chi connectivity index (χ4v) is 3.06. The normalized spacial score (nSPS) is 13.4. The minimum absolute atomic E-state index is 0.0926. The fourth-order valence-electron chi connectivity index (χ4n) is 3.06. The molecule has 174 valence electrons. The highest BCUT2D eigenvalue weighted by Gasteiger charge is 2.38. The number of carbonyl (C=O) groups is 2. The Labute approximate surface area is 184 Å². The monoisotopic (exact) mass is 465 g/mol. The Morgan fingerprint density at radius 2 is 1.91 bits per heavy atom. The van der Waals surface area contributed by atoms with Gasteiger partial charge in [-0.05, 0) is 12.5 Å². The standard InChI is InChI=1S/C17H17N7O2.C2HF3O2/c25-16-8-14(10-22-7-4-18-12-22)21-15-11-23(5-1-6-24(15)16)17(26)13-2-3-19-20-9-13;3-2(4,5)1(6)7/h2-4,7-9,12H,1,5-6,10-11H2;(H,6,7). The molecule has 1 aliphatic rings. The molecule has 0 aromatic carbocycles. The van der Waals surface area contributed by atoms with Crippen molar-refractivity contribution in [3.63, 3.8) is 0 Å². The third-order valence-corrected chi connectivity index (χ3v) is 4.55. The van der Waals surface area contributed by atoms with E-state index in [0.29, 0.717) is 43.1 Å². The van der Waals surface area contributed by atoms with Crippen LogP contribution in [0.3, 0.4) is 0 Å². The van der Waals surface area contributed by atoms with Crippen molar-refractivity contribution in [2.24, 2.45) is 0 Å². The number of hydrogen-bond donors (Lipinski definition) is 1. The zero-order valence-electron chi connectivity index (χ0n) is 17.0. The zero-order chi connectivity index (χ0) is 24.0. The van der Waals surface area contributed by atoms with Crippen LogP contribution in [0.5, 0.6) is 0 Å². The van der Waals surface area contributed by atoms with Crippen LogP contribution in [0.1, 0.15) is 28.3 Å². The van der Waals surface area contributed by atoms with Gasteiger partial charge in [0, 0.05) is 31.5 Å². The van der Waals surface area contributed by atoms with Gasteiger partial charge in [0.1, 0.15) is 5.82 Å². The Bertz CT molecular complexity index is 1160. The molecule has 0 spiro atoms. The van der Waals surface area contributed by atoms with Crippen LogP contribution < -0.4 is 5.56 Å². The zero-order valence-corrected chi connectivity index (χ0v) is 17.0. The molecule has 3 aromatic rings. The lowest BCUT2D eigenvalue weighted by Crippen LogP contribution is -2.32. The number of fused-ring (bicyclic) bond motifs is 1. The van der Waals surface area contributed by atoms with E-state index in [1.165, 1.54) is 12.4 Å². The smallest absolute Gasteiger partial charge is 0.475 e. The summed E-state index contributed by atoms with van der Waals surface area (Å²) < 4.78 is 35.2. The molecule has 0 unspecified atom stereocenters. The van der Waals surface area contributed by atoms with Crippen LogP contribution in [0.4, 0.5) is 13.2 Å². The number of nitrogens with zero attached hydrogens (tertiary/aromatic N) is 7. The Hall–Kier alpha value is -4.10. The quantitative estimate of drug-likeness (QED) is 0.604. The van der Waals surface area contributed by atoms with Gasteiger partial charge in [-0.2, -0.15) is 23.4 Å². The van der Waals surface area contributed by atoms with Crippen LogP contribution in [0.15, 0.2) is 48.0 Å². The van der Waals surface area contributed by atoms with E-state index in [1.807, 2.05) is 10.8 Å². The van der Waals surface area contributed by atoms with E-state index in [1.54, 1.807) is 34.1 Å². The molecule has 1 amide bonds. The Balaban J connectivity index is 0.000000383. The number of carboxylic acid groups (broad SMARTS) is 1. The molecule has 0 saturated carbocycles. The Morgan fingerprint density at radius 3 is 2.52 bits per heavy atom. The molecule has 4 heterocycles. The molecule has 1 aliphatic heterocycles. The molecule has 11 nitrogen and oxygen atoms in total. The number of amides is 1. The lowest BCUT2D eigenvalue weighted by Gasteiger charge is -2.20. The highest BCUT2D eigenvalue weighted by atomic mass is 19.4. The van der Waals surface area contributed by atoms with Crippen molar-refractivity contribution in [3.8, 4) is 0 Å². The summed E-state index contributed by atoms with van der Waals surface area (Å²) in [6.07, 6.45) is 3.72. The number of halogens is 3. The molecule has 4 rings (SSSR count). The summed E-state index contributed by atoms with van der Waals surface area (Å²) in [5, 5.41) is 14.6. The van der Waals surface area contributed by atoms with Gasteiger partial charge in [0.05, 0.1) is 43.1 Å². The predicted octanol–water partition coefficient (Wildman–Crippen LogP) is 0.958. The van der Waals surface area contributed by atoms with Crippen molar-refractivity contribution < 1.29 is 27.9 Å². The van der Waals surface area contributed by atoms with E-state index in [0.717, 1.165) is 0 Å². The van der Waals surface area contributed by atoms with Crippen LogP contribution >= 0.6 is 0 Å². The summed E-state index contributed by atoms with van der Waals surface area (Å²) >= 11 is 0. The molecule has 33 heavy (non-hydrogen) atoms. The Kier molecular flexibility index (Phi) is 7.15. The molecule has 0 atom stereocenters. The number of alkyl halides is 3. The van der Waals surface area contributed by atoms with Crippen LogP contribution in [-0.4, -0.2) is 63.9 Å². The van der Waals surface area contributed by atoms with Gasteiger partial charge in [-0.25, -0.2) is 14.8 Å². The Morgan fingerprint density at radius 1 is 1.15 bits per heavy atom. The largest absolute Gasteiger partial charge is 0.490 e. The number of aromatic nitrogens is 6. The second-order valence-corrected chi connectivity index (χ2v) is 6.90. The molecule has 0 saturated heterocycles. The predicted molar refractivity (Wildman–Crippen MR) is 105 cm³/mol. The first-order valence-corrected chi connectivity index (χ1v) is 9.56. The van der Waals surface area contributed by atoms with Gasteiger partial charge in [-0.3, -0.25) is 14.2 Å². The van der Waals surface area contributed by atoms with Gasteiger partial charge in [0.25, 0.3) is 11.5 Å². The van der Waals surface area contributed by atoms with Crippen molar-refractivity contribution in [1.82, 2.24) is 34.2 Å². The van der Waals surface area contributed by atoms with Gasteiger partial charge in [-0.1, -0.05) is 0 Å². The van der Waals surface area contributed by atoms with Crippen LogP contribution in [-0.2, 0) is 24.4 Å². The molecule has 0 aliphatic carbocycles. The topological polar surface area (TPSA) is 136 Å². The second kappa shape index (κ2) is 10.0. The first-order valence-electron chi connectivity index (χ1n) is 9.56. The highest BCUT2D eigenvalue weighted by molar-refractivity contribution is 5.93. The lowest BCUT2D eigenvalue weighted by molar-refractivity contribution is -0.192. The minimum atomic E-state index is -5.08. The van der Waals surface area contributed by atoms with Crippen molar-refractivity contribution >= 4 is 11.9 Å². The summed E-state index contributed by atoms with van der Waals surface area (Å²) in [6, 6.07) is 3.18. The first-order chi connectivity index (χ1) is 15.6. The first kappa shape index (κ1) is 23.6. The number of imidazole rings is 1. The van der Waals surface area contributed by atoms with Gasteiger partial charge >= 0.3 is 12.1 Å². The van der Waals surface area contributed by atoms with Gasteiger partial charge < -0.3 is 14.6 Å². The molecule has 0 radical (unpaired) electrons. The second-order valence-electron chi connectivity index (χ2n) is 6.90. The van der Waals surface area contributed by atoms with E-state index >= 15 is 0 Å². The van der Waals surface area contributed by atoms with E-state index in [9.17, 15) is 22.8 Å². The number of rotatable bonds is 3. The van der Waals surface area contributed by atoms with Crippen molar-refractivity contribution in [2.45, 2.75) is 32.2 Å². The van der Waals surface area contributed by atoms with Crippen molar-refractivity contribution in [2.75, 3.05) is 6.54 Å². The van der Waals surface area contributed by atoms with Gasteiger partial charge in [0.2, 0.25) is 0 Å². The number of hydrogen-bond acceptors (Lipinski definition) is 7. The summed E-state index contributed by atoms with van der Waals surface area (Å²) in [7, 11) is 0. The van der Waals surface area contributed by atoms with Crippen molar-refractivity contribution in [1.29, 1.82) is 0 Å². The van der Waals surface area contributed by atoms with Gasteiger partial charge in [0.15, 0.2) is 0 Å². The number of aliphatic carboxylic acids is 1. The summed E-state index contributed by atoms with van der Waals surface area (Å²) in [4.78, 5) is 44.4. The number of carboxylic acids is 1. The van der Waals surface area contributed by atoms with Crippen LogP contribution in [0.2, 0.25) is 0 Å². The van der Waals surface area contributed by atoms with Crippen LogP contribution in [0, 0.1) is 0 Å². The molecular formula is C19H18F3N7O4. The molecule has 0 fully saturated rings. The molecular weight excluding hydrogens is 447 g/mol. The maximum Gasteiger partial charge on any atom is 0.490 e. The molecule has 14 heteroatoms. The summed E-state index contributed by atoms with van der Waals surface area (Å²) in [5.74, 6) is -2.30. The molecule has 1 N–H and O–H groups in total. The third kappa shape index (κ3) is 6.21. The van der Waals surface area contributed by atoms with Crippen LogP contribution in [0.25, 0.3) is 0 Å².